The van der Waals surface area contributed by atoms with Gasteiger partial charge in [0.1, 0.15) is 5.01 Å². The van der Waals surface area contributed by atoms with Crippen molar-refractivity contribution in [1.29, 1.82) is 0 Å². The molecule has 5 heteroatoms. The molecule has 2 aromatic heterocycles. The van der Waals surface area contributed by atoms with E-state index < -0.39 is 0 Å². The van der Waals surface area contributed by atoms with E-state index in [-0.39, 0.29) is 12.6 Å². The van der Waals surface area contributed by atoms with Gasteiger partial charge in [0.25, 0.3) is 0 Å². The summed E-state index contributed by atoms with van der Waals surface area (Å²) < 4.78 is 0. The van der Waals surface area contributed by atoms with Crippen molar-refractivity contribution in [1.82, 2.24) is 10.3 Å². The lowest BCUT2D eigenvalue weighted by Crippen LogP contribution is -2.24. The molecule has 3 rings (SSSR count). The number of rotatable bonds is 6. The second-order valence-corrected chi connectivity index (χ2v) is 6.45. The van der Waals surface area contributed by atoms with Crippen molar-refractivity contribution in [3.05, 3.63) is 64.5 Å². The summed E-state index contributed by atoms with van der Waals surface area (Å²) >= 11 is 3.36. The van der Waals surface area contributed by atoms with Gasteiger partial charge in [0.2, 0.25) is 0 Å². The summed E-state index contributed by atoms with van der Waals surface area (Å²) in [5, 5.41) is 18.1. The smallest absolute Gasteiger partial charge is 0.133 e. The van der Waals surface area contributed by atoms with Gasteiger partial charge in [-0.15, -0.1) is 22.7 Å². The van der Waals surface area contributed by atoms with Crippen molar-refractivity contribution in [2.45, 2.75) is 12.6 Å². The predicted octanol–water partition coefficient (Wildman–Crippen LogP) is 3.69. The van der Waals surface area contributed by atoms with Gasteiger partial charge in [0, 0.05) is 11.9 Å². The molecule has 0 aliphatic carbocycles. The van der Waals surface area contributed by atoms with Crippen LogP contribution in [0.4, 0.5) is 0 Å². The lowest BCUT2D eigenvalue weighted by Gasteiger charge is -2.15. The van der Waals surface area contributed by atoms with E-state index in [0.29, 0.717) is 6.54 Å². The van der Waals surface area contributed by atoms with Crippen LogP contribution in [-0.2, 0) is 6.54 Å². The number of nitrogens with zero attached hydrogens (tertiary/aromatic N) is 1. The van der Waals surface area contributed by atoms with E-state index in [4.69, 9.17) is 0 Å². The molecular formula is C16H16N2OS2. The van der Waals surface area contributed by atoms with Crippen LogP contribution in [0, 0.1) is 0 Å². The minimum absolute atomic E-state index is 0.0573. The maximum Gasteiger partial charge on any atom is 0.133 e. The first-order valence-electron chi connectivity index (χ1n) is 6.74. The third kappa shape index (κ3) is 3.57. The predicted molar refractivity (Wildman–Crippen MR) is 88.5 cm³/mol. The van der Waals surface area contributed by atoms with Gasteiger partial charge in [0.15, 0.2) is 0 Å². The Morgan fingerprint density at radius 2 is 1.95 bits per heavy atom. The van der Waals surface area contributed by atoms with Gasteiger partial charge in [-0.25, -0.2) is 4.98 Å². The third-order valence-corrected chi connectivity index (χ3v) is 5.13. The minimum atomic E-state index is -0.0573. The van der Waals surface area contributed by atoms with Crippen LogP contribution in [0.25, 0.3) is 9.88 Å². The van der Waals surface area contributed by atoms with Gasteiger partial charge in [-0.05, 0) is 17.0 Å². The van der Waals surface area contributed by atoms with Gasteiger partial charge < -0.3 is 10.4 Å². The van der Waals surface area contributed by atoms with Crippen LogP contribution >= 0.6 is 22.7 Å². The molecule has 0 spiro atoms. The molecule has 1 atom stereocenters. The average Bonchev–Trinajstić information content (AvgIpc) is 3.20. The van der Waals surface area contributed by atoms with Crippen molar-refractivity contribution in [3.8, 4) is 9.88 Å². The summed E-state index contributed by atoms with van der Waals surface area (Å²) in [5.41, 5.74) is 2.10. The highest BCUT2D eigenvalue weighted by molar-refractivity contribution is 7.20. The Morgan fingerprint density at radius 1 is 1.10 bits per heavy atom. The summed E-state index contributed by atoms with van der Waals surface area (Å²) in [4.78, 5) is 5.84. The zero-order chi connectivity index (χ0) is 14.5. The lowest BCUT2D eigenvalue weighted by molar-refractivity contribution is 0.243. The zero-order valence-electron chi connectivity index (χ0n) is 11.4. The third-order valence-electron chi connectivity index (χ3n) is 3.20. The maximum atomic E-state index is 9.53. The average molecular weight is 316 g/mol. The Bertz CT molecular complexity index is 665. The van der Waals surface area contributed by atoms with Crippen LogP contribution in [0.3, 0.4) is 0 Å². The van der Waals surface area contributed by atoms with Crippen molar-refractivity contribution in [3.63, 3.8) is 0 Å². The quantitative estimate of drug-likeness (QED) is 0.729. The molecule has 21 heavy (non-hydrogen) atoms. The number of aromatic nitrogens is 1. The molecule has 0 radical (unpaired) electrons. The van der Waals surface area contributed by atoms with E-state index in [1.165, 1.54) is 4.88 Å². The Hall–Kier alpha value is -1.53. The SMILES string of the molecule is OCC(NCc1csc(-c2cccs2)n1)c1ccccc1. The number of hydrogen-bond donors (Lipinski definition) is 2. The van der Waals surface area contributed by atoms with Gasteiger partial charge in [-0.2, -0.15) is 0 Å². The summed E-state index contributed by atoms with van der Waals surface area (Å²) in [7, 11) is 0. The second-order valence-electron chi connectivity index (χ2n) is 4.65. The van der Waals surface area contributed by atoms with E-state index in [9.17, 15) is 5.11 Å². The summed E-state index contributed by atoms with van der Waals surface area (Å²) in [6.45, 7) is 0.730. The van der Waals surface area contributed by atoms with E-state index in [0.717, 1.165) is 16.3 Å². The van der Waals surface area contributed by atoms with Gasteiger partial charge >= 0.3 is 0 Å². The molecule has 0 fully saturated rings. The van der Waals surface area contributed by atoms with Crippen LogP contribution in [-0.4, -0.2) is 16.7 Å². The number of hydrogen-bond acceptors (Lipinski definition) is 5. The molecule has 3 aromatic rings. The monoisotopic (exact) mass is 316 g/mol. The lowest BCUT2D eigenvalue weighted by atomic mass is 10.1. The molecule has 3 nitrogen and oxygen atoms in total. The summed E-state index contributed by atoms with van der Waals surface area (Å²) in [5.74, 6) is 0. The largest absolute Gasteiger partial charge is 0.394 e. The zero-order valence-corrected chi connectivity index (χ0v) is 13.0. The first kappa shape index (κ1) is 14.4. The Morgan fingerprint density at radius 3 is 2.67 bits per heavy atom. The van der Waals surface area contributed by atoms with Crippen LogP contribution in [0.2, 0.25) is 0 Å². The maximum absolute atomic E-state index is 9.53. The fourth-order valence-corrected chi connectivity index (χ4v) is 3.74. The first-order valence-corrected chi connectivity index (χ1v) is 8.50. The van der Waals surface area contributed by atoms with Gasteiger partial charge in [-0.3, -0.25) is 0 Å². The molecule has 1 aromatic carbocycles. The standard InChI is InChI=1S/C16H16N2OS2/c19-10-14(12-5-2-1-3-6-12)17-9-13-11-21-16(18-13)15-7-4-8-20-15/h1-8,11,14,17,19H,9-10H2. The minimum Gasteiger partial charge on any atom is -0.394 e. The van der Waals surface area contributed by atoms with Gasteiger partial charge in [-0.1, -0.05) is 36.4 Å². The molecule has 2 heterocycles. The molecule has 0 saturated carbocycles. The highest BCUT2D eigenvalue weighted by atomic mass is 32.1. The Labute approximate surface area is 131 Å². The normalized spacial score (nSPS) is 12.4. The van der Waals surface area contributed by atoms with Crippen molar-refractivity contribution in [2.24, 2.45) is 0 Å². The number of thiazole rings is 1. The number of nitrogens with one attached hydrogen (secondary N) is 1. The van der Waals surface area contributed by atoms with E-state index in [2.05, 4.69) is 27.1 Å². The summed E-state index contributed by atoms with van der Waals surface area (Å²) in [6, 6.07) is 14.1. The summed E-state index contributed by atoms with van der Waals surface area (Å²) in [6.07, 6.45) is 0. The molecule has 0 amide bonds. The number of thiophene rings is 1. The topological polar surface area (TPSA) is 45.1 Å². The number of aliphatic hydroxyl groups is 1. The van der Waals surface area contributed by atoms with Crippen LogP contribution in [0.1, 0.15) is 17.3 Å². The molecule has 1 unspecified atom stereocenters. The highest BCUT2D eigenvalue weighted by Crippen LogP contribution is 2.27. The number of aliphatic hydroxyl groups excluding tert-OH is 1. The van der Waals surface area contributed by atoms with E-state index in [1.807, 2.05) is 36.4 Å². The van der Waals surface area contributed by atoms with E-state index >= 15 is 0 Å². The molecule has 0 aliphatic heterocycles. The Balaban J connectivity index is 1.64. The van der Waals surface area contributed by atoms with E-state index in [1.54, 1.807) is 22.7 Å². The van der Waals surface area contributed by atoms with Crippen LogP contribution < -0.4 is 5.32 Å². The molecular weight excluding hydrogens is 300 g/mol. The van der Waals surface area contributed by atoms with Crippen LogP contribution in [0.15, 0.2) is 53.2 Å². The fraction of sp³-hybridized carbons (Fsp3) is 0.188. The first-order chi connectivity index (χ1) is 10.4. The molecule has 0 aliphatic rings. The molecule has 108 valence electrons. The molecule has 0 bridgehead atoms. The Kier molecular flexibility index (Phi) is 4.77. The van der Waals surface area contributed by atoms with Gasteiger partial charge in [0.05, 0.1) is 23.2 Å². The van der Waals surface area contributed by atoms with Crippen molar-refractivity contribution in [2.75, 3.05) is 6.61 Å². The molecule has 0 saturated heterocycles. The second kappa shape index (κ2) is 6.95. The fourth-order valence-electron chi connectivity index (χ4n) is 2.10. The number of benzene rings is 1. The van der Waals surface area contributed by atoms with Crippen molar-refractivity contribution >= 4 is 22.7 Å². The van der Waals surface area contributed by atoms with Crippen molar-refractivity contribution < 1.29 is 5.11 Å². The van der Waals surface area contributed by atoms with Crippen LogP contribution in [0.5, 0.6) is 0 Å². The highest BCUT2D eigenvalue weighted by Gasteiger charge is 2.11. The molecule has 2 N–H and O–H groups in total.